The second-order valence-corrected chi connectivity index (χ2v) is 8.79. The molecule has 1 aromatic heterocycles. The second-order valence-electron chi connectivity index (χ2n) is 7.17. The van der Waals surface area contributed by atoms with E-state index in [2.05, 4.69) is 4.72 Å². The highest BCUT2D eigenvalue weighted by atomic mass is 32.2. The highest BCUT2D eigenvalue weighted by molar-refractivity contribution is 7.92. The van der Waals surface area contributed by atoms with Gasteiger partial charge in [0.25, 0.3) is 10.0 Å². The van der Waals surface area contributed by atoms with Gasteiger partial charge in [-0.2, -0.15) is 0 Å². The Labute approximate surface area is 165 Å². The quantitative estimate of drug-likeness (QED) is 0.705. The molecule has 0 radical (unpaired) electrons. The molecule has 0 unspecified atom stereocenters. The van der Waals surface area contributed by atoms with E-state index in [1.807, 2.05) is 47.6 Å². The van der Waals surface area contributed by atoms with E-state index < -0.39 is 10.0 Å². The zero-order chi connectivity index (χ0) is 20.8. The molecule has 7 heteroatoms. The van der Waals surface area contributed by atoms with Crippen LogP contribution in [0.1, 0.15) is 36.1 Å². The molecule has 0 atom stereocenters. The topological polar surface area (TPSA) is 73.1 Å². The number of nitrogens with one attached hydrogen (secondary N) is 1. The summed E-state index contributed by atoms with van der Waals surface area (Å²) < 4.78 is 32.4. The summed E-state index contributed by atoms with van der Waals surface area (Å²) in [6.07, 6.45) is 0. The Hall–Kier alpha value is -2.54. The lowest BCUT2D eigenvalue weighted by molar-refractivity contribution is 0.599. The highest BCUT2D eigenvalue weighted by Gasteiger charge is 2.23. The van der Waals surface area contributed by atoms with Crippen LogP contribution >= 0.6 is 0 Å². The Bertz CT molecular complexity index is 1210. The van der Waals surface area contributed by atoms with E-state index >= 15 is 0 Å². The van der Waals surface area contributed by atoms with E-state index in [1.54, 1.807) is 27.3 Å². The van der Waals surface area contributed by atoms with Crippen molar-refractivity contribution in [3.63, 3.8) is 0 Å². The lowest BCUT2D eigenvalue weighted by Gasteiger charge is -2.17. The van der Waals surface area contributed by atoms with E-state index in [0.29, 0.717) is 23.7 Å². The Balaban J connectivity index is 2.14. The number of aryl methyl sites for hydroxylation is 4. The zero-order valence-corrected chi connectivity index (χ0v) is 18.1. The van der Waals surface area contributed by atoms with E-state index in [0.717, 1.165) is 33.3 Å². The van der Waals surface area contributed by atoms with Crippen LogP contribution in [0.15, 0.2) is 34.0 Å². The number of benzene rings is 2. The normalized spacial score (nSPS) is 11.9. The van der Waals surface area contributed by atoms with Crippen LogP contribution in [0.5, 0.6) is 0 Å². The van der Waals surface area contributed by atoms with Crippen LogP contribution in [0.3, 0.4) is 0 Å². The number of anilines is 1. The van der Waals surface area contributed by atoms with Crippen LogP contribution in [-0.2, 0) is 23.1 Å². The number of imidazole rings is 1. The van der Waals surface area contributed by atoms with Gasteiger partial charge in [0.2, 0.25) is 0 Å². The standard InChI is InChI=1S/C21H27N3O3S/c1-7-23-18-10-9-17(12-19(18)24(8-2)21(23)25)22-28(26,27)20-15(5)13(3)11-14(4)16(20)6/h9-12,22H,7-8H2,1-6H3. The molecule has 3 aromatic rings. The van der Waals surface area contributed by atoms with E-state index in [1.165, 1.54) is 0 Å². The van der Waals surface area contributed by atoms with Gasteiger partial charge in [-0.05, 0) is 82.0 Å². The summed E-state index contributed by atoms with van der Waals surface area (Å²) in [6.45, 7) is 12.4. The van der Waals surface area contributed by atoms with Gasteiger partial charge in [0.15, 0.2) is 0 Å². The van der Waals surface area contributed by atoms with Crippen LogP contribution in [-0.4, -0.2) is 17.6 Å². The molecule has 150 valence electrons. The predicted octanol–water partition coefficient (Wildman–Crippen LogP) is 3.88. The maximum absolute atomic E-state index is 13.2. The summed E-state index contributed by atoms with van der Waals surface area (Å²) >= 11 is 0. The molecule has 0 aliphatic heterocycles. The van der Waals surface area contributed by atoms with Crippen LogP contribution in [0, 0.1) is 27.7 Å². The summed E-state index contributed by atoms with van der Waals surface area (Å²) in [5.41, 5.74) is 5.28. The van der Waals surface area contributed by atoms with Gasteiger partial charge >= 0.3 is 5.69 Å². The fraction of sp³-hybridized carbons (Fsp3) is 0.381. The van der Waals surface area contributed by atoms with E-state index in [4.69, 9.17) is 0 Å². The minimum Gasteiger partial charge on any atom is -0.292 e. The SMILES string of the molecule is CCn1c(=O)n(CC)c2cc(NS(=O)(=O)c3c(C)c(C)cc(C)c3C)ccc21. The van der Waals surface area contributed by atoms with Gasteiger partial charge in [-0.25, -0.2) is 13.2 Å². The molecule has 6 nitrogen and oxygen atoms in total. The van der Waals surface area contributed by atoms with Gasteiger partial charge in [0, 0.05) is 13.1 Å². The number of nitrogens with zero attached hydrogens (tertiary/aromatic N) is 2. The third-order valence-corrected chi connectivity index (χ3v) is 7.12. The predicted molar refractivity (Wildman–Crippen MR) is 114 cm³/mol. The third kappa shape index (κ3) is 3.13. The molecule has 0 saturated carbocycles. The van der Waals surface area contributed by atoms with Crippen molar-refractivity contribution >= 4 is 26.7 Å². The average molecular weight is 402 g/mol. The molecule has 0 amide bonds. The fourth-order valence-corrected chi connectivity index (χ4v) is 5.45. The van der Waals surface area contributed by atoms with Gasteiger partial charge < -0.3 is 0 Å². The van der Waals surface area contributed by atoms with Crippen molar-refractivity contribution in [2.24, 2.45) is 0 Å². The zero-order valence-electron chi connectivity index (χ0n) is 17.3. The average Bonchev–Trinajstić information content (AvgIpc) is 2.89. The van der Waals surface area contributed by atoms with Gasteiger partial charge in [0.05, 0.1) is 21.6 Å². The lowest BCUT2D eigenvalue weighted by Crippen LogP contribution is -2.23. The summed E-state index contributed by atoms with van der Waals surface area (Å²) in [5.74, 6) is 0. The number of fused-ring (bicyclic) bond motifs is 1. The smallest absolute Gasteiger partial charge is 0.292 e. The Morgan fingerprint density at radius 3 is 1.93 bits per heavy atom. The molecule has 1 N–H and O–H groups in total. The lowest BCUT2D eigenvalue weighted by atomic mass is 10.0. The molecule has 0 saturated heterocycles. The fourth-order valence-electron chi connectivity index (χ4n) is 3.78. The maximum Gasteiger partial charge on any atom is 0.329 e. The molecule has 0 aliphatic rings. The molecule has 0 bridgehead atoms. The minimum atomic E-state index is -3.76. The van der Waals surface area contributed by atoms with Crippen LogP contribution in [0.2, 0.25) is 0 Å². The van der Waals surface area contributed by atoms with Crippen molar-refractivity contribution < 1.29 is 8.42 Å². The first-order chi connectivity index (χ1) is 13.1. The van der Waals surface area contributed by atoms with Crippen molar-refractivity contribution in [1.82, 2.24) is 9.13 Å². The number of rotatable bonds is 5. The number of hydrogen-bond acceptors (Lipinski definition) is 3. The molecule has 28 heavy (non-hydrogen) atoms. The van der Waals surface area contributed by atoms with Crippen molar-refractivity contribution in [2.45, 2.75) is 59.5 Å². The molecule has 3 rings (SSSR count). The number of hydrogen-bond donors (Lipinski definition) is 1. The third-order valence-electron chi connectivity index (χ3n) is 5.47. The van der Waals surface area contributed by atoms with Gasteiger partial charge in [0.1, 0.15) is 0 Å². The molecule has 0 fully saturated rings. The maximum atomic E-state index is 13.2. The first-order valence-electron chi connectivity index (χ1n) is 9.45. The van der Waals surface area contributed by atoms with Gasteiger partial charge in [-0.3, -0.25) is 13.9 Å². The minimum absolute atomic E-state index is 0.0824. The monoisotopic (exact) mass is 401 g/mol. The molecule has 0 spiro atoms. The largest absolute Gasteiger partial charge is 0.329 e. The van der Waals surface area contributed by atoms with Gasteiger partial charge in [-0.1, -0.05) is 6.07 Å². The molecule has 2 aromatic carbocycles. The second kappa shape index (κ2) is 7.13. The molecular weight excluding hydrogens is 374 g/mol. The molecule has 0 aliphatic carbocycles. The summed E-state index contributed by atoms with van der Waals surface area (Å²) in [4.78, 5) is 12.8. The first kappa shape index (κ1) is 20.2. The molecular formula is C21H27N3O3S. The van der Waals surface area contributed by atoms with Crippen LogP contribution in [0.4, 0.5) is 5.69 Å². The summed E-state index contributed by atoms with van der Waals surface area (Å²) in [6, 6.07) is 7.24. The Morgan fingerprint density at radius 1 is 0.857 bits per heavy atom. The Kier molecular flexibility index (Phi) is 5.14. The van der Waals surface area contributed by atoms with E-state index in [9.17, 15) is 13.2 Å². The highest BCUT2D eigenvalue weighted by Crippen LogP contribution is 2.28. The Morgan fingerprint density at radius 2 is 1.39 bits per heavy atom. The molecule has 1 heterocycles. The van der Waals surface area contributed by atoms with Crippen molar-refractivity contribution in [2.75, 3.05) is 4.72 Å². The summed E-state index contributed by atoms with van der Waals surface area (Å²) in [5, 5.41) is 0. The van der Waals surface area contributed by atoms with Crippen molar-refractivity contribution in [3.8, 4) is 0 Å². The van der Waals surface area contributed by atoms with Crippen molar-refractivity contribution in [1.29, 1.82) is 0 Å². The number of sulfonamides is 1. The van der Waals surface area contributed by atoms with Crippen LogP contribution < -0.4 is 10.4 Å². The summed E-state index contributed by atoms with van der Waals surface area (Å²) in [7, 11) is -3.76. The first-order valence-corrected chi connectivity index (χ1v) is 10.9. The van der Waals surface area contributed by atoms with E-state index in [-0.39, 0.29) is 5.69 Å². The van der Waals surface area contributed by atoms with Crippen molar-refractivity contribution in [3.05, 3.63) is 57.0 Å². The van der Waals surface area contributed by atoms with Crippen LogP contribution in [0.25, 0.3) is 11.0 Å². The number of aromatic nitrogens is 2. The van der Waals surface area contributed by atoms with Gasteiger partial charge in [-0.15, -0.1) is 0 Å².